The summed E-state index contributed by atoms with van der Waals surface area (Å²) in [5, 5.41) is 0. The number of aromatic nitrogens is 1. The number of cyclic esters (lactones) is 1. The van der Waals surface area contributed by atoms with Crippen LogP contribution in [0.2, 0.25) is 0 Å². The van der Waals surface area contributed by atoms with Crippen molar-refractivity contribution < 1.29 is 27.5 Å². The second-order valence-corrected chi connectivity index (χ2v) is 9.88. The fourth-order valence-corrected chi connectivity index (χ4v) is 4.52. The number of rotatable bonds is 6. The Bertz CT molecular complexity index is 986. The summed E-state index contributed by atoms with van der Waals surface area (Å²) >= 11 is 1.45. The first-order chi connectivity index (χ1) is 12.7. The van der Waals surface area contributed by atoms with Crippen LogP contribution in [0, 0.1) is 0 Å². The Morgan fingerprint density at radius 3 is 2.89 bits per heavy atom. The van der Waals surface area contributed by atoms with Gasteiger partial charge < -0.3 is 9.47 Å². The van der Waals surface area contributed by atoms with Crippen molar-refractivity contribution >= 4 is 49.1 Å². The molecular weight excluding hydrogens is 392 g/mol. The predicted molar refractivity (Wildman–Crippen MR) is 102 cm³/mol. The van der Waals surface area contributed by atoms with Gasteiger partial charge in [-0.2, -0.15) is 0 Å². The lowest BCUT2D eigenvalue weighted by Crippen LogP contribution is -2.47. The Morgan fingerprint density at radius 2 is 2.22 bits per heavy atom. The number of nitrogens with zero attached hydrogens (tertiary/aromatic N) is 2. The lowest BCUT2D eigenvalue weighted by Gasteiger charge is -2.27. The van der Waals surface area contributed by atoms with Crippen LogP contribution in [0.4, 0.5) is 10.5 Å². The molecule has 2 aromatic rings. The molecule has 0 bridgehead atoms. The number of carbonyl (C=O) groups excluding carboxylic acids is 2. The largest absolute Gasteiger partial charge is 0.465 e. The standard InChI is InChI=1S/C17H20N2O6S2/c1-4-24-15(20)17(2,27(3,22)23)8-12-9-19(16(21)25-12)11-5-6-13-14(7-11)26-10-18-13/h5-7,10,12H,4,8-9H2,1-3H3/t12-,17?/m0/s1. The highest BCUT2D eigenvalue weighted by atomic mass is 32.2. The van der Waals surface area contributed by atoms with Crippen molar-refractivity contribution in [3.8, 4) is 0 Å². The Hall–Kier alpha value is -2.20. The normalized spacial score (nSPS) is 19.7. The Kier molecular flexibility index (Phi) is 5.13. The summed E-state index contributed by atoms with van der Waals surface area (Å²) in [7, 11) is -3.79. The minimum atomic E-state index is -3.79. The van der Waals surface area contributed by atoms with Crippen LogP contribution in [0.25, 0.3) is 10.2 Å². The fraction of sp³-hybridized carbons (Fsp3) is 0.471. The van der Waals surface area contributed by atoms with Crippen LogP contribution >= 0.6 is 11.3 Å². The van der Waals surface area contributed by atoms with Crippen molar-refractivity contribution in [2.45, 2.75) is 31.1 Å². The monoisotopic (exact) mass is 412 g/mol. The van der Waals surface area contributed by atoms with Gasteiger partial charge in [-0.15, -0.1) is 11.3 Å². The molecule has 0 radical (unpaired) electrons. The van der Waals surface area contributed by atoms with Crippen LogP contribution in [-0.4, -0.2) is 55.7 Å². The molecule has 10 heteroatoms. The zero-order chi connectivity index (χ0) is 19.8. The summed E-state index contributed by atoms with van der Waals surface area (Å²) in [6, 6.07) is 5.39. The van der Waals surface area contributed by atoms with Gasteiger partial charge >= 0.3 is 12.1 Å². The molecule has 1 aliphatic rings. The number of esters is 1. The summed E-state index contributed by atoms with van der Waals surface area (Å²) < 4.78 is 33.9. The first kappa shape index (κ1) is 19.6. The van der Waals surface area contributed by atoms with Crippen LogP contribution in [-0.2, 0) is 24.1 Å². The number of amides is 1. The summed E-state index contributed by atoms with van der Waals surface area (Å²) in [5.41, 5.74) is 3.19. The van der Waals surface area contributed by atoms with Gasteiger partial charge in [-0.05, 0) is 32.0 Å². The molecule has 1 saturated heterocycles. The summed E-state index contributed by atoms with van der Waals surface area (Å²) in [5.74, 6) is -0.840. The van der Waals surface area contributed by atoms with E-state index in [1.807, 2.05) is 6.07 Å². The molecule has 3 rings (SSSR count). The van der Waals surface area contributed by atoms with E-state index in [0.29, 0.717) is 5.69 Å². The molecule has 1 aromatic carbocycles. The van der Waals surface area contributed by atoms with E-state index in [1.54, 1.807) is 24.6 Å². The molecule has 1 fully saturated rings. The van der Waals surface area contributed by atoms with E-state index in [4.69, 9.17) is 9.47 Å². The first-order valence-electron chi connectivity index (χ1n) is 8.34. The van der Waals surface area contributed by atoms with Gasteiger partial charge in [0.05, 0.1) is 28.9 Å². The van der Waals surface area contributed by atoms with Crippen molar-refractivity contribution in [2.24, 2.45) is 0 Å². The van der Waals surface area contributed by atoms with Crippen LogP contribution in [0.3, 0.4) is 0 Å². The number of thiazole rings is 1. The maximum Gasteiger partial charge on any atom is 0.414 e. The highest BCUT2D eigenvalue weighted by Gasteiger charge is 2.49. The SMILES string of the molecule is CCOC(=O)C(C)(C[C@H]1CN(c2ccc3ncsc3c2)C(=O)O1)S(C)(=O)=O. The third kappa shape index (κ3) is 3.63. The number of anilines is 1. The van der Waals surface area contributed by atoms with Gasteiger partial charge in [0.2, 0.25) is 0 Å². The number of hydrogen-bond acceptors (Lipinski definition) is 8. The second-order valence-electron chi connectivity index (χ2n) is 6.55. The fourth-order valence-electron chi connectivity index (χ4n) is 2.95. The van der Waals surface area contributed by atoms with Gasteiger partial charge in [-0.3, -0.25) is 9.69 Å². The molecule has 146 valence electrons. The lowest BCUT2D eigenvalue weighted by molar-refractivity contribution is -0.146. The number of fused-ring (bicyclic) bond motifs is 1. The number of ether oxygens (including phenoxy) is 2. The molecule has 1 unspecified atom stereocenters. The van der Waals surface area contributed by atoms with Crippen molar-refractivity contribution in [2.75, 3.05) is 24.3 Å². The van der Waals surface area contributed by atoms with Gasteiger partial charge in [0.1, 0.15) is 6.10 Å². The topological polar surface area (TPSA) is 103 Å². The minimum absolute atomic E-state index is 0.0649. The quantitative estimate of drug-likeness (QED) is 0.671. The van der Waals surface area contributed by atoms with E-state index in [1.165, 1.54) is 23.2 Å². The Morgan fingerprint density at radius 1 is 1.48 bits per heavy atom. The molecule has 0 saturated carbocycles. The number of hydrogen-bond donors (Lipinski definition) is 0. The van der Waals surface area contributed by atoms with Crippen LogP contribution in [0.1, 0.15) is 20.3 Å². The van der Waals surface area contributed by atoms with Gasteiger partial charge in [0.25, 0.3) is 0 Å². The zero-order valence-electron chi connectivity index (χ0n) is 15.2. The van der Waals surface area contributed by atoms with Crippen molar-refractivity contribution in [3.63, 3.8) is 0 Å². The van der Waals surface area contributed by atoms with E-state index in [2.05, 4.69) is 4.98 Å². The molecule has 8 nitrogen and oxygen atoms in total. The van der Waals surface area contributed by atoms with E-state index < -0.39 is 32.8 Å². The highest BCUT2D eigenvalue weighted by Crippen LogP contribution is 2.32. The molecule has 0 N–H and O–H groups in total. The maximum atomic E-state index is 12.3. The molecule has 1 aromatic heterocycles. The van der Waals surface area contributed by atoms with E-state index in [0.717, 1.165) is 16.5 Å². The predicted octanol–water partition coefficient (Wildman–Crippen LogP) is 2.38. The first-order valence-corrected chi connectivity index (χ1v) is 11.1. The highest BCUT2D eigenvalue weighted by molar-refractivity contribution is 7.92. The molecule has 2 heterocycles. The third-order valence-corrected chi connectivity index (χ3v) is 7.41. The Balaban J connectivity index is 1.82. The van der Waals surface area contributed by atoms with Gasteiger partial charge in [0, 0.05) is 18.4 Å². The summed E-state index contributed by atoms with van der Waals surface area (Å²) in [4.78, 5) is 30.2. The van der Waals surface area contributed by atoms with Crippen molar-refractivity contribution in [1.82, 2.24) is 4.98 Å². The number of benzene rings is 1. The van der Waals surface area contributed by atoms with Crippen LogP contribution in [0.5, 0.6) is 0 Å². The third-order valence-electron chi connectivity index (χ3n) is 4.64. The van der Waals surface area contributed by atoms with Crippen molar-refractivity contribution in [1.29, 1.82) is 0 Å². The second kappa shape index (κ2) is 7.08. The molecule has 1 aliphatic heterocycles. The zero-order valence-corrected chi connectivity index (χ0v) is 16.8. The summed E-state index contributed by atoms with van der Waals surface area (Å²) in [6.07, 6.45) is -0.520. The Labute approximate surface area is 161 Å². The minimum Gasteiger partial charge on any atom is -0.465 e. The van der Waals surface area contributed by atoms with E-state index in [-0.39, 0.29) is 19.6 Å². The smallest absolute Gasteiger partial charge is 0.414 e. The average molecular weight is 412 g/mol. The van der Waals surface area contributed by atoms with E-state index in [9.17, 15) is 18.0 Å². The molecule has 1 amide bonds. The molecule has 0 spiro atoms. The molecule has 27 heavy (non-hydrogen) atoms. The molecule has 2 atom stereocenters. The number of carbonyl (C=O) groups is 2. The average Bonchev–Trinajstić information content (AvgIpc) is 3.19. The maximum absolute atomic E-state index is 12.3. The van der Waals surface area contributed by atoms with Crippen molar-refractivity contribution in [3.05, 3.63) is 23.7 Å². The number of sulfone groups is 1. The lowest BCUT2D eigenvalue weighted by atomic mass is 10.0. The summed E-state index contributed by atoms with van der Waals surface area (Å²) in [6.45, 7) is 3.12. The van der Waals surface area contributed by atoms with Gasteiger partial charge in [-0.25, -0.2) is 18.2 Å². The van der Waals surface area contributed by atoms with Gasteiger partial charge in [-0.1, -0.05) is 0 Å². The molecule has 0 aliphatic carbocycles. The molecular formula is C17H20N2O6S2. The van der Waals surface area contributed by atoms with E-state index >= 15 is 0 Å². The van der Waals surface area contributed by atoms with Crippen LogP contribution in [0.15, 0.2) is 23.7 Å². The van der Waals surface area contributed by atoms with Crippen LogP contribution < -0.4 is 4.90 Å². The van der Waals surface area contributed by atoms with Gasteiger partial charge in [0.15, 0.2) is 14.6 Å².